The van der Waals surface area contributed by atoms with Crippen LogP contribution in [0.25, 0.3) is 0 Å². The summed E-state index contributed by atoms with van der Waals surface area (Å²) in [7, 11) is -1.73. The number of alkyl halides is 1. The van der Waals surface area contributed by atoms with Gasteiger partial charge in [0.05, 0.1) is 0 Å². The average molecular weight is 310 g/mol. The fourth-order valence-electron chi connectivity index (χ4n) is 1.63. The van der Waals surface area contributed by atoms with Crippen LogP contribution in [0.2, 0.25) is 0 Å². The molecule has 0 atom stereocenters. The van der Waals surface area contributed by atoms with E-state index in [2.05, 4.69) is 0 Å². The van der Waals surface area contributed by atoms with E-state index in [1.54, 1.807) is 13.1 Å². The molecule has 0 saturated carbocycles. The van der Waals surface area contributed by atoms with Crippen LogP contribution in [0.15, 0.2) is 16.3 Å². The molecule has 1 rings (SSSR count). The van der Waals surface area contributed by atoms with Crippen molar-refractivity contribution >= 4 is 33.0 Å². The van der Waals surface area contributed by atoms with Gasteiger partial charge in [-0.1, -0.05) is 20.8 Å². The molecule has 0 fully saturated rings. The highest BCUT2D eigenvalue weighted by Crippen LogP contribution is 2.26. The summed E-state index contributed by atoms with van der Waals surface area (Å²) in [6, 6.07) is 3.51. The van der Waals surface area contributed by atoms with Crippen LogP contribution in [0, 0.1) is 5.41 Å². The first kappa shape index (κ1) is 16.0. The Balaban J connectivity index is 2.91. The van der Waals surface area contributed by atoms with Gasteiger partial charge in [0.25, 0.3) is 10.0 Å². The van der Waals surface area contributed by atoms with E-state index in [1.807, 2.05) is 26.8 Å². The number of thiophene rings is 1. The lowest BCUT2D eigenvalue weighted by molar-refractivity contribution is 0.311. The fraction of sp³-hybridized carbons (Fsp3) is 0.667. The predicted octanol–water partition coefficient (Wildman–Crippen LogP) is 3.20. The van der Waals surface area contributed by atoms with E-state index in [1.165, 1.54) is 15.6 Å². The average Bonchev–Trinajstić information content (AvgIpc) is 2.64. The molecule has 18 heavy (non-hydrogen) atoms. The molecule has 0 aliphatic rings. The van der Waals surface area contributed by atoms with Gasteiger partial charge >= 0.3 is 0 Å². The third kappa shape index (κ3) is 4.23. The second-order valence-corrected chi connectivity index (χ2v) is 9.30. The molecule has 0 aliphatic heterocycles. The lowest BCUT2D eigenvalue weighted by Gasteiger charge is -2.25. The molecule has 0 amide bonds. The molecule has 1 heterocycles. The summed E-state index contributed by atoms with van der Waals surface area (Å²) in [5.41, 5.74) is -0.0575. The topological polar surface area (TPSA) is 37.4 Å². The summed E-state index contributed by atoms with van der Waals surface area (Å²) >= 11 is 6.96. The molecule has 104 valence electrons. The Bertz CT molecular complexity index is 488. The second kappa shape index (κ2) is 5.90. The quantitative estimate of drug-likeness (QED) is 0.783. The largest absolute Gasteiger partial charge is 0.252 e. The zero-order valence-corrected chi connectivity index (χ0v) is 13.6. The minimum atomic E-state index is -3.36. The lowest BCUT2D eigenvalue weighted by Crippen LogP contribution is -2.34. The van der Waals surface area contributed by atoms with Gasteiger partial charge in [-0.2, -0.15) is 4.31 Å². The minimum absolute atomic E-state index is 0.0575. The summed E-state index contributed by atoms with van der Waals surface area (Å²) in [4.78, 5) is 1.01. The maximum Gasteiger partial charge on any atom is 0.252 e. The molecule has 0 aliphatic carbocycles. The van der Waals surface area contributed by atoms with Crippen molar-refractivity contribution in [3.8, 4) is 0 Å². The Morgan fingerprint density at radius 1 is 1.33 bits per heavy atom. The highest BCUT2D eigenvalue weighted by Gasteiger charge is 2.26. The summed E-state index contributed by atoms with van der Waals surface area (Å²) in [6.07, 6.45) is 0.713. The van der Waals surface area contributed by atoms with E-state index in [4.69, 9.17) is 11.6 Å². The van der Waals surface area contributed by atoms with Crippen LogP contribution in [-0.2, 0) is 16.4 Å². The summed E-state index contributed by atoms with van der Waals surface area (Å²) in [5.74, 6) is 0.512. The zero-order valence-electron chi connectivity index (χ0n) is 11.2. The molecular formula is C12H20ClNO2S2. The van der Waals surface area contributed by atoms with Gasteiger partial charge in [-0.05, 0) is 24.0 Å². The van der Waals surface area contributed by atoms with Crippen LogP contribution in [0.5, 0.6) is 0 Å². The van der Waals surface area contributed by atoms with Gasteiger partial charge in [0.2, 0.25) is 0 Å². The SMILES string of the molecule is CN(CC(C)(C)C)S(=O)(=O)c1ccc(CCCl)s1. The zero-order chi connectivity index (χ0) is 14.0. The van der Waals surface area contributed by atoms with E-state index in [0.717, 1.165) is 4.88 Å². The standard InChI is InChI=1S/C12H20ClNO2S2/c1-12(2,3)9-14(4)18(15,16)11-6-5-10(17-11)7-8-13/h5-6H,7-9H2,1-4H3. The monoisotopic (exact) mass is 309 g/mol. The van der Waals surface area contributed by atoms with E-state index >= 15 is 0 Å². The molecule has 0 bridgehead atoms. The van der Waals surface area contributed by atoms with E-state index in [-0.39, 0.29) is 5.41 Å². The molecule has 1 aromatic rings. The first-order valence-corrected chi connectivity index (χ1v) is 8.57. The van der Waals surface area contributed by atoms with Crippen LogP contribution in [-0.4, -0.2) is 32.2 Å². The van der Waals surface area contributed by atoms with E-state index in [0.29, 0.717) is 23.1 Å². The molecule has 0 saturated heterocycles. The first-order chi connectivity index (χ1) is 8.16. The Hall–Kier alpha value is -0.100. The van der Waals surface area contributed by atoms with Crippen molar-refractivity contribution in [1.29, 1.82) is 0 Å². The smallest absolute Gasteiger partial charge is 0.206 e. The van der Waals surface area contributed by atoms with Crippen LogP contribution >= 0.6 is 22.9 Å². The molecule has 1 aromatic heterocycles. The summed E-state index contributed by atoms with van der Waals surface area (Å²) < 4.78 is 26.5. The Kier molecular flexibility index (Phi) is 5.23. The number of rotatable bonds is 5. The number of hydrogen-bond acceptors (Lipinski definition) is 3. The van der Waals surface area contributed by atoms with Gasteiger partial charge in [0.1, 0.15) is 4.21 Å². The normalized spacial score (nSPS) is 13.2. The lowest BCUT2D eigenvalue weighted by atomic mass is 9.97. The van der Waals surface area contributed by atoms with Crippen molar-refractivity contribution in [2.45, 2.75) is 31.4 Å². The van der Waals surface area contributed by atoms with Crippen molar-refractivity contribution in [2.24, 2.45) is 5.41 Å². The van der Waals surface area contributed by atoms with Gasteiger partial charge in [-0.3, -0.25) is 0 Å². The Morgan fingerprint density at radius 3 is 2.44 bits per heavy atom. The van der Waals surface area contributed by atoms with Crippen LogP contribution < -0.4 is 0 Å². The van der Waals surface area contributed by atoms with Gasteiger partial charge in [0.15, 0.2) is 0 Å². The van der Waals surface area contributed by atoms with Gasteiger partial charge in [-0.25, -0.2) is 8.42 Å². The molecule has 0 spiro atoms. The molecule has 6 heteroatoms. The Morgan fingerprint density at radius 2 is 1.94 bits per heavy atom. The molecule has 0 aromatic carbocycles. The number of halogens is 1. The van der Waals surface area contributed by atoms with E-state index < -0.39 is 10.0 Å². The van der Waals surface area contributed by atoms with Gasteiger partial charge in [-0.15, -0.1) is 22.9 Å². The minimum Gasteiger partial charge on any atom is -0.206 e. The van der Waals surface area contributed by atoms with Crippen LogP contribution in [0.4, 0.5) is 0 Å². The third-order valence-corrected chi connectivity index (χ3v) is 5.94. The highest BCUT2D eigenvalue weighted by molar-refractivity contribution is 7.91. The van der Waals surface area contributed by atoms with Gasteiger partial charge < -0.3 is 0 Å². The summed E-state index contributed by atoms with van der Waals surface area (Å²) in [5, 5.41) is 0. The van der Waals surface area contributed by atoms with Gasteiger partial charge in [0, 0.05) is 24.3 Å². The molecule has 0 N–H and O–H groups in total. The number of aryl methyl sites for hydroxylation is 1. The molecule has 3 nitrogen and oxygen atoms in total. The predicted molar refractivity (Wildman–Crippen MR) is 78.0 cm³/mol. The fourth-order valence-corrected chi connectivity index (χ4v) is 4.91. The molecule has 0 unspecified atom stereocenters. The maximum absolute atomic E-state index is 12.3. The van der Waals surface area contributed by atoms with Crippen LogP contribution in [0.3, 0.4) is 0 Å². The first-order valence-electron chi connectivity index (χ1n) is 5.78. The molecular weight excluding hydrogens is 290 g/mol. The van der Waals surface area contributed by atoms with Crippen molar-refractivity contribution in [3.05, 3.63) is 17.0 Å². The highest BCUT2D eigenvalue weighted by atomic mass is 35.5. The maximum atomic E-state index is 12.3. The molecule has 0 radical (unpaired) electrons. The second-order valence-electron chi connectivity index (χ2n) is 5.48. The number of sulfonamides is 1. The van der Waals surface area contributed by atoms with Crippen molar-refractivity contribution in [2.75, 3.05) is 19.5 Å². The van der Waals surface area contributed by atoms with Crippen molar-refractivity contribution < 1.29 is 8.42 Å². The number of nitrogens with zero attached hydrogens (tertiary/aromatic N) is 1. The van der Waals surface area contributed by atoms with Crippen molar-refractivity contribution in [3.63, 3.8) is 0 Å². The van der Waals surface area contributed by atoms with E-state index in [9.17, 15) is 8.42 Å². The number of hydrogen-bond donors (Lipinski definition) is 0. The van der Waals surface area contributed by atoms with Crippen molar-refractivity contribution in [1.82, 2.24) is 4.31 Å². The Labute approximate surface area is 119 Å². The summed E-state index contributed by atoms with van der Waals surface area (Å²) in [6.45, 7) is 6.56. The van der Waals surface area contributed by atoms with Crippen LogP contribution in [0.1, 0.15) is 25.6 Å². The third-order valence-electron chi connectivity index (χ3n) is 2.34.